The Morgan fingerprint density at radius 3 is 2.40 bits per heavy atom. The topological polar surface area (TPSA) is 63.3 Å². The minimum atomic E-state index is -0.801. The molecule has 2 atom stereocenters. The summed E-state index contributed by atoms with van der Waals surface area (Å²) in [5.41, 5.74) is 8.15. The highest BCUT2D eigenvalue weighted by Crippen LogP contribution is 2.22. The molecular formula is C12H17NO2. The van der Waals surface area contributed by atoms with E-state index < -0.39 is 5.97 Å². The summed E-state index contributed by atoms with van der Waals surface area (Å²) in [5.74, 6) is -0.852. The Hall–Kier alpha value is -1.35. The molecule has 1 aromatic rings. The lowest BCUT2D eigenvalue weighted by Gasteiger charge is -2.18. The lowest BCUT2D eigenvalue weighted by molar-refractivity contribution is -0.138. The standard InChI is InChI=1S/C12H17NO2/c1-8-3-5-10(6-4-8)12(13)9(2)7-11(14)15/h3-6,9,12H,7,13H2,1-2H3,(H,14,15). The Kier molecular flexibility index (Phi) is 3.86. The van der Waals surface area contributed by atoms with Gasteiger partial charge in [0, 0.05) is 12.5 Å². The van der Waals surface area contributed by atoms with E-state index >= 15 is 0 Å². The van der Waals surface area contributed by atoms with Crippen molar-refractivity contribution >= 4 is 5.97 Å². The summed E-state index contributed by atoms with van der Waals surface area (Å²) in [4.78, 5) is 10.5. The normalized spacial score (nSPS) is 14.6. The Bertz CT molecular complexity index is 332. The first-order valence-corrected chi connectivity index (χ1v) is 5.04. The second kappa shape index (κ2) is 4.94. The van der Waals surface area contributed by atoms with Crippen molar-refractivity contribution in [2.45, 2.75) is 26.3 Å². The molecule has 0 aliphatic carbocycles. The Labute approximate surface area is 89.9 Å². The van der Waals surface area contributed by atoms with Crippen molar-refractivity contribution in [3.63, 3.8) is 0 Å². The van der Waals surface area contributed by atoms with Gasteiger partial charge in [0.05, 0.1) is 0 Å². The number of benzene rings is 1. The van der Waals surface area contributed by atoms with Crippen molar-refractivity contribution in [3.8, 4) is 0 Å². The van der Waals surface area contributed by atoms with Crippen LogP contribution in [0.25, 0.3) is 0 Å². The molecule has 0 aromatic heterocycles. The van der Waals surface area contributed by atoms with Gasteiger partial charge in [0.2, 0.25) is 0 Å². The maximum atomic E-state index is 10.5. The Morgan fingerprint density at radius 1 is 1.40 bits per heavy atom. The maximum Gasteiger partial charge on any atom is 0.303 e. The van der Waals surface area contributed by atoms with Crippen LogP contribution in [0.3, 0.4) is 0 Å². The van der Waals surface area contributed by atoms with Gasteiger partial charge in [-0.3, -0.25) is 4.79 Å². The number of hydrogen-bond acceptors (Lipinski definition) is 2. The molecule has 2 unspecified atom stereocenters. The number of nitrogens with two attached hydrogens (primary N) is 1. The molecule has 82 valence electrons. The molecule has 0 spiro atoms. The van der Waals surface area contributed by atoms with E-state index in [1.807, 2.05) is 38.1 Å². The van der Waals surface area contributed by atoms with Crippen molar-refractivity contribution in [1.29, 1.82) is 0 Å². The van der Waals surface area contributed by atoms with Gasteiger partial charge in [-0.05, 0) is 18.4 Å². The maximum absolute atomic E-state index is 10.5. The van der Waals surface area contributed by atoms with E-state index in [9.17, 15) is 4.79 Å². The average molecular weight is 207 g/mol. The van der Waals surface area contributed by atoms with Gasteiger partial charge in [0.25, 0.3) is 0 Å². The van der Waals surface area contributed by atoms with Crippen LogP contribution in [-0.2, 0) is 4.79 Å². The molecular weight excluding hydrogens is 190 g/mol. The fourth-order valence-corrected chi connectivity index (χ4v) is 1.52. The van der Waals surface area contributed by atoms with Gasteiger partial charge in [-0.25, -0.2) is 0 Å². The molecule has 3 heteroatoms. The van der Waals surface area contributed by atoms with Crippen LogP contribution in [0.1, 0.15) is 30.5 Å². The second-order valence-electron chi connectivity index (χ2n) is 4.01. The quantitative estimate of drug-likeness (QED) is 0.794. The van der Waals surface area contributed by atoms with Gasteiger partial charge in [0.1, 0.15) is 0 Å². The Morgan fingerprint density at radius 2 is 1.93 bits per heavy atom. The summed E-state index contributed by atoms with van der Waals surface area (Å²) in [5, 5.41) is 8.67. The highest BCUT2D eigenvalue weighted by molar-refractivity contribution is 5.67. The minimum Gasteiger partial charge on any atom is -0.481 e. The summed E-state index contributed by atoms with van der Waals surface area (Å²) < 4.78 is 0. The SMILES string of the molecule is Cc1ccc(C(N)C(C)CC(=O)O)cc1. The number of rotatable bonds is 4. The largest absolute Gasteiger partial charge is 0.481 e. The minimum absolute atomic E-state index is 0.0507. The molecule has 3 nitrogen and oxygen atoms in total. The van der Waals surface area contributed by atoms with Crippen molar-refractivity contribution in [3.05, 3.63) is 35.4 Å². The van der Waals surface area contributed by atoms with Crippen LogP contribution < -0.4 is 5.73 Å². The molecule has 0 aliphatic heterocycles. The molecule has 0 fully saturated rings. The molecule has 0 heterocycles. The number of carboxylic acids is 1. The van der Waals surface area contributed by atoms with Gasteiger partial charge in [-0.15, -0.1) is 0 Å². The van der Waals surface area contributed by atoms with Crippen LogP contribution in [0, 0.1) is 12.8 Å². The smallest absolute Gasteiger partial charge is 0.303 e. The van der Waals surface area contributed by atoms with Gasteiger partial charge in [-0.2, -0.15) is 0 Å². The first-order chi connectivity index (χ1) is 7.00. The number of carbonyl (C=O) groups is 1. The summed E-state index contributed by atoms with van der Waals surface area (Å²) in [6.07, 6.45) is 0.106. The Balaban J connectivity index is 2.71. The van der Waals surface area contributed by atoms with Gasteiger partial charge in [0.15, 0.2) is 0 Å². The van der Waals surface area contributed by atoms with Crippen molar-refractivity contribution in [2.24, 2.45) is 11.7 Å². The average Bonchev–Trinajstić information content (AvgIpc) is 2.17. The van der Waals surface area contributed by atoms with Crippen LogP contribution >= 0.6 is 0 Å². The van der Waals surface area contributed by atoms with E-state index in [-0.39, 0.29) is 18.4 Å². The second-order valence-corrected chi connectivity index (χ2v) is 4.01. The van der Waals surface area contributed by atoms with Gasteiger partial charge < -0.3 is 10.8 Å². The third-order valence-corrected chi connectivity index (χ3v) is 2.57. The van der Waals surface area contributed by atoms with Crippen LogP contribution in [-0.4, -0.2) is 11.1 Å². The highest BCUT2D eigenvalue weighted by atomic mass is 16.4. The van der Waals surface area contributed by atoms with Crippen molar-refractivity contribution in [2.75, 3.05) is 0 Å². The predicted octanol–water partition coefficient (Wildman–Crippen LogP) is 2.11. The fourth-order valence-electron chi connectivity index (χ4n) is 1.52. The van der Waals surface area contributed by atoms with E-state index in [1.165, 1.54) is 5.56 Å². The summed E-state index contributed by atoms with van der Waals surface area (Å²) >= 11 is 0. The molecule has 3 N–H and O–H groups in total. The van der Waals surface area contributed by atoms with Crippen molar-refractivity contribution < 1.29 is 9.90 Å². The lowest BCUT2D eigenvalue weighted by atomic mass is 9.92. The molecule has 1 aromatic carbocycles. The van der Waals surface area contributed by atoms with Gasteiger partial charge in [-0.1, -0.05) is 36.8 Å². The van der Waals surface area contributed by atoms with E-state index in [2.05, 4.69) is 0 Å². The number of carboxylic acid groups (broad SMARTS) is 1. The van der Waals surface area contributed by atoms with E-state index in [4.69, 9.17) is 10.8 Å². The zero-order valence-electron chi connectivity index (χ0n) is 9.10. The summed E-state index contributed by atoms with van der Waals surface area (Å²) in [6.45, 7) is 3.87. The van der Waals surface area contributed by atoms with E-state index in [1.54, 1.807) is 0 Å². The third-order valence-electron chi connectivity index (χ3n) is 2.57. The molecule has 0 bridgehead atoms. The van der Waals surface area contributed by atoms with Crippen LogP contribution in [0.5, 0.6) is 0 Å². The van der Waals surface area contributed by atoms with E-state index in [0.29, 0.717) is 0 Å². The molecule has 15 heavy (non-hydrogen) atoms. The lowest BCUT2D eigenvalue weighted by Crippen LogP contribution is -2.21. The molecule has 0 saturated heterocycles. The van der Waals surface area contributed by atoms with Crippen LogP contribution in [0.15, 0.2) is 24.3 Å². The molecule has 0 saturated carbocycles. The molecule has 0 aliphatic rings. The molecule has 0 radical (unpaired) electrons. The summed E-state index contributed by atoms with van der Waals surface area (Å²) in [7, 11) is 0. The number of hydrogen-bond donors (Lipinski definition) is 2. The molecule has 0 amide bonds. The number of aliphatic carboxylic acids is 1. The van der Waals surface area contributed by atoms with Gasteiger partial charge >= 0.3 is 5.97 Å². The summed E-state index contributed by atoms with van der Waals surface area (Å²) in [6, 6.07) is 7.68. The number of aryl methyl sites for hydroxylation is 1. The van der Waals surface area contributed by atoms with Crippen molar-refractivity contribution in [1.82, 2.24) is 0 Å². The third kappa shape index (κ3) is 3.36. The fraction of sp³-hybridized carbons (Fsp3) is 0.417. The highest BCUT2D eigenvalue weighted by Gasteiger charge is 2.17. The predicted molar refractivity (Wildman–Crippen MR) is 59.5 cm³/mol. The van der Waals surface area contributed by atoms with E-state index in [0.717, 1.165) is 5.56 Å². The molecule has 1 rings (SSSR count). The zero-order valence-corrected chi connectivity index (χ0v) is 9.10. The first kappa shape index (κ1) is 11.7. The van der Waals surface area contributed by atoms with Crippen LogP contribution in [0.4, 0.5) is 0 Å². The first-order valence-electron chi connectivity index (χ1n) is 5.04. The zero-order chi connectivity index (χ0) is 11.4. The monoisotopic (exact) mass is 207 g/mol. The van der Waals surface area contributed by atoms with Crippen LogP contribution in [0.2, 0.25) is 0 Å².